The number of benzene rings is 4. The van der Waals surface area contributed by atoms with Crippen molar-refractivity contribution < 1.29 is 13.8 Å². The summed E-state index contributed by atoms with van der Waals surface area (Å²) < 4.78 is 16.4. The van der Waals surface area contributed by atoms with E-state index in [1.807, 2.05) is 64.2 Å². The number of pyridine rings is 2. The molecule has 2 fully saturated rings. The van der Waals surface area contributed by atoms with E-state index in [4.69, 9.17) is 19.0 Å². The SMILES string of the molecule is C.Cc1ccc2c(ccc[n+]2[O-])c1-c1cc(-c2c(C)noc2C)cc2nc(C3CC3)n(C)c12.Cc1ccc2ncccc2c1-c1cc(-c2c(C)noc2C)cc2nc(C3CC3)n(C)c12. The van der Waals surface area contributed by atoms with E-state index in [1.165, 1.54) is 53.7 Å². The van der Waals surface area contributed by atoms with Gasteiger partial charge in [-0.15, -0.1) is 0 Å². The molecule has 0 amide bonds. The predicted octanol–water partition coefficient (Wildman–Crippen LogP) is 12.4. The van der Waals surface area contributed by atoms with Crippen molar-refractivity contribution in [3.63, 3.8) is 0 Å². The Morgan fingerprint density at radius 2 is 1.09 bits per heavy atom. The minimum absolute atomic E-state index is 0. The van der Waals surface area contributed by atoms with Gasteiger partial charge in [0.15, 0.2) is 6.20 Å². The summed E-state index contributed by atoms with van der Waals surface area (Å²) >= 11 is 0. The smallest absolute Gasteiger partial charge is 0.224 e. The maximum absolute atomic E-state index is 12.5. The van der Waals surface area contributed by atoms with Crippen molar-refractivity contribution in [3.8, 4) is 44.5 Å². The van der Waals surface area contributed by atoms with Crippen molar-refractivity contribution in [1.29, 1.82) is 0 Å². The second-order valence-corrected chi connectivity index (χ2v) is 17.6. The van der Waals surface area contributed by atoms with Crippen LogP contribution in [0.4, 0.5) is 0 Å². The van der Waals surface area contributed by atoms with E-state index in [1.54, 1.807) is 6.20 Å². The quantitative estimate of drug-likeness (QED) is 0.119. The van der Waals surface area contributed by atoms with Crippen LogP contribution in [0.25, 0.3) is 88.4 Å². The zero-order valence-corrected chi connectivity index (χ0v) is 36.9. The van der Waals surface area contributed by atoms with Crippen LogP contribution in [0, 0.1) is 46.7 Å². The second-order valence-electron chi connectivity index (χ2n) is 17.6. The fourth-order valence-corrected chi connectivity index (χ4v) is 9.97. The topological polar surface area (TPSA) is 128 Å². The molecule has 64 heavy (non-hydrogen) atoms. The maximum Gasteiger partial charge on any atom is 0.224 e. The Labute approximate surface area is 372 Å². The van der Waals surface area contributed by atoms with Crippen LogP contribution in [-0.2, 0) is 14.1 Å². The second kappa shape index (κ2) is 15.3. The third-order valence-electron chi connectivity index (χ3n) is 13.2. The van der Waals surface area contributed by atoms with E-state index >= 15 is 0 Å². The molecule has 6 aromatic heterocycles. The van der Waals surface area contributed by atoms with Crippen molar-refractivity contribution in [2.45, 2.75) is 86.5 Å². The van der Waals surface area contributed by atoms with Crippen molar-refractivity contribution in [2.75, 3.05) is 0 Å². The summed E-state index contributed by atoms with van der Waals surface area (Å²) in [6.45, 7) is 12.2. The summed E-state index contributed by atoms with van der Waals surface area (Å²) in [5.74, 6) is 5.04. The van der Waals surface area contributed by atoms with Crippen LogP contribution in [0.5, 0.6) is 0 Å². The molecule has 0 atom stereocenters. The third-order valence-corrected chi connectivity index (χ3v) is 13.2. The molecule has 2 aliphatic rings. The van der Waals surface area contributed by atoms with Gasteiger partial charge in [0.05, 0.1) is 44.4 Å². The fraction of sp³-hybridized carbons (Fsp3) is 0.283. The lowest BCUT2D eigenvalue weighted by Gasteiger charge is -2.14. The highest BCUT2D eigenvalue weighted by Gasteiger charge is 2.32. The summed E-state index contributed by atoms with van der Waals surface area (Å²) in [4.78, 5) is 14.8. The standard InChI is InChI=1S/C26H24N4O2.C26H24N4O.CH4/c1-14-7-10-22-19(6-5-11-30(22)31)23(14)20-12-18(24-15(2)28-32-16(24)3)13-21-25(20)29(4)26(27-21)17-8-9-17;1-14-7-10-21-19(6-5-11-27-21)23(14)20-12-18(24-15(2)29-31-16(24)3)13-22-25(20)30(4)26(28-22)17-8-9-17;/h5-7,10-13,17H,8-9H2,1-4H3;5-7,10-13,17H,8-9H2,1-4H3;1H4. The van der Waals surface area contributed by atoms with Crippen molar-refractivity contribution in [3.05, 3.63) is 136 Å². The highest BCUT2D eigenvalue weighted by atomic mass is 16.5. The van der Waals surface area contributed by atoms with Gasteiger partial charge in [0, 0.05) is 77.5 Å². The summed E-state index contributed by atoms with van der Waals surface area (Å²) in [6.07, 6.45) is 8.22. The predicted molar refractivity (Wildman–Crippen MR) is 254 cm³/mol. The maximum atomic E-state index is 12.5. The number of fused-ring (bicyclic) bond motifs is 4. The molecule has 6 heterocycles. The normalized spacial score (nSPS) is 13.8. The third kappa shape index (κ3) is 6.55. The first-order chi connectivity index (χ1) is 30.5. The number of rotatable bonds is 6. The van der Waals surface area contributed by atoms with Crippen LogP contribution >= 0.6 is 0 Å². The molecule has 12 rings (SSSR count). The molecule has 0 N–H and O–H groups in total. The molecule has 10 aromatic rings. The monoisotopic (exact) mass is 848 g/mol. The summed E-state index contributed by atoms with van der Waals surface area (Å²) in [5, 5.41) is 23.0. The highest BCUT2D eigenvalue weighted by molar-refractivity contribution is 6.07. The lowest BCUT2D eigenvalue weighted by Crippen LogP contribution is -2.25. The molecule has 0 spiro atoms. The molecule has 2 aliphatic carbocycles. The van der Waals surface area contributed by atoms with E-state index in [9.17, 15) is 5.21 Å². The van der Waals surface area contributed by atoms with Crippen LogP contribution in [0.2, 0.25) is 0 Å². The molecule has 0 radical (unpaired) electrons. The minimum atomic E-state index is 0. The Hall–Kier alpha value is -7.14. The first-order valence-electron chi connectivity index (χ1n) is 21.8. The van der Waals surface area contributed by atoms with Crippen LogP contribution in [0.3, 0.4) is 0 Å². The Morgan fingerprint density at radius 3 is 1.59 bits per heavy atom. The van der Waals surface area contributed by atoms with E-state index < -0.39 is 0 Å². The number of hydrogen-bond acceptors (Lipinski definition) is 8. The number of imidazole rings is 2. The average molecular weight is 849 g/mol. The van der Waals surface area contributed by atoms with Gasteiger partial charge in [-0.1, -0.05) is 35.9 Å². The molecule has 0 unspecified atom stereocenters. The van der Waals surface area contributed by atoms with E-state index in [-0.39, 0.29) is 7.43 Å². The van der Waals surface area contributed by atoms with E-state index in [0.29, 0.717) is 17.4 Å². The number of aryl methyl sites for hydroxylation is 8. The van der Waals surface area contributed by atoms with Crippen LogP contribution in [-0.4, -0.2) is 34.4 Å². The van der Waals surface area contributed by atoms with Crippen LogP contribution in [0.15, 0.2) is 94.2 Å². The number of nitrogens with zero attached hydrogens (tertiary/aromatic N) is 8. The van der Waals surface area contributed by atoms with Gasteiger partial charge < -0.3 is 23.4 Å². The van der Waals surface area contributed by atoms with E-state index in [0.717, 1.165) is 105 Å². The van der Waals surface area contributed by atoms with Crippen molar-refractivity contribution >= 4 is 43.9 Å². The minimum Gasteiger partial charge on any atom is -0.618 e. The summed E-state index contributed by atoms with van der Waals surface area (Å²) in [6, 6.07) is 25.0. The Bertz CT molecular complexity index is 3450. The summed E-state index contributed by atoms with van der Waals surface area (Å²) in [7, 11) is 4.26. The average Bonchev–Trinajstić information content (AvgIpc) is 4.18. The zero-order valence-electron chi connectivity index (χ0n) is 36.9. The molecule has 0 bridgehead atoms. The molecular formula is C53H52N8O3. The van der Waals surface area contributed by atoms with Gasteiger partial charge >= 0.3 is 0 Å². The molecule has 11 nitrogen and oxygen atoms in total. The highest BCUT2D eigenvalue weighted by Crippen LogP contribution is 2.46. The first kappa shape index (κ1) is 40.9. The van der Waals surface area contributed by atoms with Crippen molar-refractivity contribution in [2.24, 2.45) is 14.1 Å². The van der Waals surface area contributed by atoms with Gasteiger partial charge in [-0.3, -0.25) is 4.98 Å². The Morgan fingerprint density at radius 1 is 0.594 bits per heavy atom. The molecule has 0 aliphatic heterocycles. The van der Waals surface area contributed by atoms with Crippen molar-refractivity contribution in [1.82, 2.24) is 34.4 Å². The van der Waals surface area contributed by atoms with Gasteiger partial charge in [-0.25, -0.2) is 9.97 Å². The molecule has 4 aromatic carbocycles. The number of aromatic nitrogens is 8. The zero-order chi connectivity index (χ0) is 43.4. The first-order valence-corrected chi connectivity index (χ1v) is 21.8. The van der Waals surface area contributed by atoms with Gasteiger partial charge in [0.25, 0.3) is 0 Å². The number of hydrogen-bond donors (Lipinski definition) is 0. The van der Waals surface area contributed by atoms with E-state index in [2.05, 4.69) is 94.8 Å². The fourth-order valence-electron chi connectivity index (χ4n) is 9.97. The van der Waals surface area contributed by atoms with Gasteiger partial charge in [0.2, 0.25) is 5.52 Å². The lowest BCUT2D eigenvalue weighted by molar-refractivity contribution is -0.577. The molecule has 0 saturated heterocycles. The van der Waals surface area contributed by atoms with Gasteiger partial charge in [0.1, 0.15) is 23.2 Å². The van der Waals surface area contributed by atoms with Crippen LogP contribution in [0.1, 0.15) is 90.6 Å². The van der Waals surface area contributed by atoms with Crippen LogP contribution < -0.4 is 4.73 Å². The Balaban J connectivity index is 0.000000149. The Kier molecular flexibility index (Phi) is 9.77. The molecule has 322 valence electrons. The molecule has 2 saturated carbocycles. The van der Waals surface area contributed by atoms with Gasteiger partial charge in [-0.05, 0) is 138 Å². The molecular weight excluding hydrogens is 797 g/mol. The summed E-state index contributed by atoms with van der Waals surface area (Å²) in [5.41, 5.74) is 18.8. The van der Waals surface area contributed by atoms with Gasteiger partial charge in [-0.2, -0.15) is 4.73 Å². The molecule has 11 heteroatoms. The lowest BCUT2D eigenvalue weighted by atomic mass is 9.91. The largest absolute Gasteiger partial charge is 0.618 e.